The highest BCUT2D eigenvalue weighted by molar-refractivity contribution is 7.99. The number of H-pyrrole nitrogens is 1. The van der Waals surface area contributed by atoms with Crippen LogP contribution >= 0.6 is 59.8 Å². The summed E-state index contributed by atoms with van der Waals surface area (Å²) >= 11 is 14.5. The number of rotatable bonds is 5. The van der Waals surface area contributed by atoms with Gasteiger partial charge in [0, 0.05) is 82.9 Å². The minimum atomic E-state index is -0.0326. The summed E-state index contributed by atoms with van der Waals surface area (Å²) in [5.74, 6) is 9.26. The van der Waals surface area contributed by atoms with Crippen molar-refractivity contribution in [3.8, 4) is 11.8 Å². The summed E-state index contributed by atoms with van der Waals surface area (Å²) in [5, 5.41) is 2.14. The van der Waals surface area contributed by atoms with E-state index in [1.54, 1.807) is 18.2 Å². The van der Waals surface area contributed by atoms with Crippen molar-refractivity contribution in [3.63, 3.8) is 0 Å². The molecule has 2 saturated heterocycles. The zero-order valence-corrected chi connectivity index (χ0v) is 25.8. The van der Waals surface area contributed by atoms with Crippen LogP contribution in [0, 0.1) is 11.8 Å². The van der Waals surface area contributed by atoms with Crippen LogP contribution in [-0.2, 0) is 0 Å². The predicted molar refractivity (Wildman–Crippen MR) is 170 cm³/mol. The van der Waals surface area contributed by atoms with E-state index >= 15 is 0 Å². The van der Waals surface area contributed by atoms with E-state index in [2.05, 4.69) is 57.9 Å². The first-order valence-corrected chi connectivity index (χ1v) is 14.7. The molecule has 1 unspecified atom stereocenters. The summed E-state index contributed by atoms with van der Waals surface area (Å²) in [7, 11) is 0. The molecule has 2 aliphatic rings. The van der Waals surface area contributed by atoms with Gasteiger partial charge in [-0.1, -0.05) is 60.2 Å². The number of aromatic amines is 1. The molecule has 2 aromatic carbocycles. The molecule has 39 heavy (non-hydrogen) atoms. The van der Waals surface area contributed by atoms with E-state index in [0.29, 0.717) is 28.7 Å². The number of aromatic nitrogens is 1. The van der Waals surface area contributed by atoms with Gasteiger partial charge >= 0.3 is 0 Å². The summed E-state index contributed by atoms with van der Waals surface area (Å²) in [6.07, 6.45) is 2.09. The van der Waals surface area contributed by atoms with Crippen molar-refractivity contribution in [1.82, 2.24) is 19.7 Å². The van der Waals surface area contributed by atoms with E-state index in [0.717, 1.165) is 38.2 Å². The van der Waals surface area contributed by atoms with E-state index in [-0.39, 0.29) is 42.7 Å². The maximum Gasteiger partial charge on any atom is 0.254 e. The van der Waals surface area contributed by atoms with Gasteiger partial charge < -0.3 is 9.88 Å². The highest BCUT2D eigenvalue weighted by Gasteiger charge is 2.35. The first-order valence-electron chi connectivity index (χ1n) is 12.8. The third-order valence-electron chi connectivity index (χ3n) is 7.40. The van der Waals surface area contributed by atoms with Crippen molar-refractivity contribution < 1.29 is 4.79 Å². The Hall–Kier alpha value is -1.56. The molecular formula is C29H34Cl4N4OS. The molecule has 1 aromatic heterocycles. The van der Waals surface area contributed by atoms with Crippen molar-refractivity contribution in [2.24, 2.45) is 0 Å². The average molecular weight is 628 g/mol. The van der Waals surface area contributed by atoms with Crippen LogP contribution in [0.25, 0.3) is 10.9 Å². The van der Waals surface area contributed by atoms with Gasteiger partial charge in [-0.05, 0) is 29.8 Å². The van der Waals surface area contributed by atoms with Crippen LogP contribution in [0.4, 0.5) is 0 Å². The summed E-state index contributed by atoms with van der Waals surface area (Å²) in [4.78, 5) is 24.0. The minimum absolute atomic E-state index is 0. The highest BCUT2D eigenvalue weighted by Crippen LogP contribution is 2.33. The van der Waals surface area contributed by atoms with Crippen LogP contribution < -0.4 is 0 Å². The van der Waals surface area contributed by atoms with Crippen LogP contribution in [-0.4, -0.2) is 89.0 Å². The SMILES string of the molecule is CC(c1c[nH]c2ccccc12)[C@@H]1CN(CC#CCN2CCSCC2)CCN1C(=O)c1cc(Cl)cc(Cl)c1.Cl.Cl. The monoisotopic (exact) mass is 626 g/mol. The Bertz CT molecular complexity index is 1300. The maximum atomic E-state index is 13.7. The van der Waals surface area contributed by atoms with Gasteiger partial charge in [-0.3, -0.25) is 14.6 Å². The van der Waals surface area contributed by atoms with E-state index in [1.807, 2.05) is 22.7 Å². The number of hydrogen-bond acceptors (Lipinski definition) is 4. The van der Waals surface area contributed by atoms with Gasteiger partial charge in [0.15, 0.2) is 0 Å². The quantitative estimate of drug-likeness (QED) is 0.337. The van der Waals surface area contributed by atoms with Gasteiger partial charge in [0.1, 0.15) is 0 Å². The minimum Gasteiger partial charge on any atom is -0.361 e. The molecule has 1 amide bonds. The lowest BCUT2D eigenvalue weighted by Gasteiger charge is -2.43. The molecule has 2 aliphatic heterocycles. The zero-order chi connectivity index (χ0) is 25.8. The lowest BCUT2D eigenvalue weighted by molar-refractivity contribution is 0.0432. The van der Waals surface area contributed by atoms with Gasteiger partial charge in [0.25, 0.3) is 5.91 Å². The fourth-order valence-corrected chi connectivity index (χ4v) is 6.81. The Morgan fingerprint density at radius 3 is 2.38 bits per heavy atom. The Labute approximate surface area is 257 Å². The smallest absolute Gasteiger partial charge is 0.254 e. The van der Waals surface area contributed by atoms with Crippen molar-refractivity contribution >= 4 is 76.6 Å². The topological polar surface area (TPSA) is 42.6 Å². The van der Waals surface area contributed by atoms with Crippen LogP contribution in [0.2, 0.25) is 10.0 Å². The summed E-state index contributed by atoms with van der Waals surface area (Å²) in [6, 6.07) is 13.4. The van der Waals surface area contributed by atoms with Gasteiger partial charge in [0.2, 0.25) is 0 Å². The first kappa shape index (κ1) is 32.0. The molecule has 2 atom stereocenters. The summed E-state index contributed by atoms with van der Waals surface area (Å²) < 4.78 is 0. The third-order valence-corrected chi connectivity index (χ3v) is 8.78. The molecule has 5 rings (SSSR count). The van der Waals surface area contributed by atoms with Crippen LogP contribution in [0.5, 0.6) is 0 Å². The third kappa shape index (κ3) is 7.80. The molecule has 10 heteroatoms. The summed E-state index contributed by atoms with van der Waals surface area (Å²) in [5.41, 5.74) is 2.86. The van der Waals surface area contributed by atoms with Crippen molar-refractivity contribution in [3.05, 3.63) is 69.8 Å². The van der Waals surface area contributed by atoms with E-state index in [4.69, 9.17) is 23.2 Å². The number of halogens is 4. The largest absolute Gasteiger partial charge is 0.361 e. The normalized spacial score (nSPS) is 18.9. The van der Waals surface area contributed by atoms with Gasteiger partial charge in [0.05, 0.1) is 19.1 Å². The predicted octanol–water partition coefficient (Wildman–Crippen LogP) is 6.30. The van der Waals surface area contributed by atoms with Crippen LogP contribution in [0.1, 0.15) is 28.8 Å². The second kappa shape index (κ2) is 14.9. The molecule has 0 aliphatic carbocycles. The molecular weight excluding hydrogens is 594 g/mol. The van der Waals surface area contributed by atoms with E-state index < -0.39 is 0 Å². The fraction of sp³-hybridized carbons (Fsp3) is 0.414. The number of benzene rings is 2. The van der Waals surface area contributed by atoms with Crippen LogP contribution in [0.15, 0.2) is 48.7 Å². The van der Waals surface area contributed by atoms with Gasteiger partial charge in [-0.25, -0.2) is 0 Å². The second-order valence-corrected chi connectivity index (χ2v) is 11.9. The fourth-order valence-electron chi connectivity index (χ4n) is 5.31. The Morgan fingerprint density at radius 1 is 1.00 bits per heavy atom. The Kier molecular flexibility index (Phi) is 12.2. The standard InChI is InChI=1S/C29H32Cl2N4OS.2ClH/c1-21(26-19-32-27-7-3-2-6-25(26)27)28-20-34(9-5-4-8-33-12-14-37-15-13-33)10-11-35(28)29(36)22-16-23(30)18-24(31)17-22;;/h2-3,6-7,16-19,21,28,32H,8-15,20H2,1H3;2*1H/t21?,28-;;/m0../s1. The molecule has 0 spiro atoms. The van der Waals surface area contributed by atoms with Crippen molar-refractivity contribution in [2.75, 3.05) is 57.3 Å². The highest BCUT2D eigenvalue weighted by atomic mass is 35.5. The number of carbonyl (C=O) groups is 1. The number of thioether (sulfide) groups is 1. The van der Waals surface area contributed by atoms with Crippen LogP contribution in [0.3, 0.4) is 0 Å². The number of carbonyl (C=O) groups excluding carboxylic acids is 1. The zero-order valence-electron chi connectivity index (χ0n) is 21.9. The lowest BCUT2D eigenvalue weighted by Crippen LogP contribution is -2.57. The number of amides is 1. The van der Waals surface area contributed by atoms with Crippen molar-refractivity contribution in [2.45, 2.75) is 18.9 Å². The maximum absolute atomic E-state index is 13.7. The number of hydrogen-bond donors (Lipinski definition) is 1. The molecule has 210 valence electrons. The van der Waals surface area contributed by atoms with E-state index in [9.17, 15) is 4.79 Å². The van der Waals surface area contributed by atoms with E-state index in [1.165, 1.54) is 22.5 Å². The second-order valence-electron chi connectivity index (χ2n) is 9.78. The molecule has 3 aromatic rings. The molecule has 2 fully saturated rings. The van der Waals surface area contributed by atoms with Gasteiger partial charge in [-0.15, -0.1) is 24.8 Å². The van der Waals surface area contributed by atoms with Gasteiger partial charge in [-0.2, -0.15) is 11.8 Å². The number of para-hydroxylation sites is 1. The summed E-state index contributed by atoms with van der Waals surface area (Å²) in [6.45, 7) is 8.19. The molecule has 3 heterocycles. The lowest BCUT2D eigenvalue weighted by atomic mass is 9.89. The molecule has 0 bridgehead atoms. The Morgan fingerprint density at radius 2 is 1.67 bits per heavy atom. The average Bonchev–Trinajstić information content (AvgIpc) is 3.34. The van der Waals surface area contributed by atoms with Crippen molar-refractivity contribution in [1.29, 1.82) is 0 Å². The number of piperazine rings is 1. The molecule has 0 radical (unpaired) electrons. The number of nitrogens with one attached hydrogen (secondary N) is 1. The molecule has 1 N–H and O–H groups in total. The first-order chi connectivity index (χ1) is 18.0. The number of nitrogens with zero attached hydrogens (tertiary/aromatic N) is 3. The molecule has 0 saturated carbocycles. The Balaban J connectivity index is 0.00000210. The number of fused-ring (bicyclic) bond motifs is 1. The molecule has 5 nitrogen and oxygen atoms in total.